The van der Waals surface area contributed by atoms with Crippen LogP contribution in [0, 0.1) is 0 Å². The van der Waals surface area contributed by atoms with E-state index in [2.05, 4.69) is 21.9 Å². The summed E-state index contributed by atoms with van der Waals surface area (Å²) in [6, 6.07) is 9.74. The molecule has 2 rings (SSSR count). The third-order valence-electron chi connectivity index (χ3n) is 3.06. The van der Waals surface area contributed by atoms with E-state index in [1.54, 1.807) is 24.5 Å². The number of thioether (sulfide) groups is 1. The van der Waals surface area contributed by atoms with Gasteiger partial charge in [-0.05, 0) is 30.5 Å². The van der Waals surface area contributed by atoms with E-state index in [4.69, 9.17) is 0 Å². The second kappa shape index (κ2) is 7.37. The monoisotopic (exact) mass is 333 g/mol. The van der Waals surface area contributed by atoms with E-state index in [9.17, 15) is 8.78 Å². The molecule has 0 spiro atoms. The van der Waals surface area contributed by atoms with E-state index < -0.39 is 5.92 Å². The van der Waals surface area contributed by atoms with E-state index in [0.29, 0.717) is 16.6 Å². The number of alkyl halides is 2. The maximum Gasteiger partial charge on any atom is 0.270 e. The summed E-state index contributed by atoms with van der Waals surface area (Å²) in [5, 5.41) is 3.62. The minimum absolute atomic E-state index is 0.0455. The molecule has 2 aromatic rings. The van der Waals surface area contributed by atoms with Gasteiger partial charge in [-0.2, -0.15) is 0 Å². The van der Waals surface area contributed by atoms with Crippen LogP contribution in [0.2, 0.25) is 0 Å². The molecule has 0 radical (unpaired) electrons. The first kappa shape index (κ1) is 17.1. The number of nitrogens with zero attached hydrogens (tertiary/aromatic N) is 2. The average Bonchev–Trinajstić information content (AvgIpc) is 2.54. The Morgan fingerprint density at radius 1 is 1.26 bits per heavy atom. The van der Waals surface area contributed by atoms with Crippen molar-refractivity contribution in [3.63, 3.8) is 0 Å². The van der Waals surface area contributed by atoms with Crippen LogP contribution in [0.1, 0.15) is 18.1 Å². The largest absolute Gasteiger partial charge is 0.335 e. The fourth-order valence-electron chi connectivity index (χ4n) is 1.85. The summed E-state index contributed by atoms with van der Waals surface area (Å²) in [5.41, 5.74) is 1.93. The van der Waals surface area contributed by atoms with E-state index in [0.717, 1.165) is 12.5 Å². The smallest absolute Gasteiger partial charge is 0.270 e. The molecule has 1 aromatic carbocycles. The fourth-order valence-corrected chi connectivity index (χ4v) is 2.27. The molecule has 0 unspecified atom stereocenters. The number of pyridine rings is 1. The molecule has 0 aliphatic rings. The summed E-state index contributed by atoms with van der Waals surface area (Å²) in [7, 11) is 0. The first-order chi connectivity index (χ1) is 10.9. The van der Waals surface area contributed by atoms with Crippen LogP contribution in [-0.2, 0) is 5.92 Å². The lowest BCUT2D eigenvalue weighted by molar-refractivity contribution is 0.0175. The fraction of sp³-hybridized carbons (Fsp3) is 0.176. The van der Waals surface area contributed by atoms with Crippen molar-refractivity contribution in [2.45, 2.75) is 12.8 Å². The summed E-state index contributed by atoms with van der Waals surface area (Å²) in [6.07, 6.45) is 5.17. The number of hydrogen-bond acceptors (Lipinski definition) is 3. The molecule has 1 N–H and O–H groups in total. The van der Waals surface area contributed by atoms with Gasteiger partial charge < -0.3 is 5.32 Å². The van der Waals surface area contributed by atoms with Crippen LogP contribution < -0.4 is 5.32 Å². The zero-order valence-corrected chi connectivity index (χ0v) is 13.7. The molecule has 0 amide bonds. The highest BCUT2D eigenvalue weighted by atomic mass is 32.2. The molecule has 1 heterocycles. The van der Waals surface area contributed by atoms with Gasteiger partial charge in [-0.3, -0.25) is 4.98 Å². The highest BCUT2D eigenvalue weighted by Gasteiger charge is 2.24. The predicted octanol–water partition coefficient (Wildman–Crippen LogP) is 5.00. The van der Waals surface area contributed by atoms with Crippen molar-refractivity contribution < 1.29 is 8.78 Å². The van der Waals surface area contributed by atoms with E-state index in [1.807, 2.05) is 18.4 Å². The van der Waals surface area contributed by atoms with Gasteiger partial charge in [0.25, 0.3) is 5.92 Å². The molecular weight excluding hydrogens is 316 g/mol. The minimum Gasteiger partial charge on any atom is -0.335 e. The zero-order chi connectivity index (χ0) is 16.9. The van der Waals surface area contributed by atoms with Gasteiger partial charge in [-0.1, -0.05) is 30.5 Å². The minimum atomic E-state index is -2.88. The topological polar surface area (TPSA) is 37.3 Å². The van der Waals surface area contributed by atoms with E-state index >= 15 is 0 Å². The van der Waals surface area contributed by atoms with Crippen molar-refractivity contribution in [2.75, 3.05) is 11.6 Å². The molecule has 0 saturated heterocycles. The van der Waals surface area contributed by atoms with Gasteiger partial charge in [-0.15, -0.1) is 0 Å². The van der Waals surface area contributed by atoms with Crippen molar-refractivity contribution in [3.05, 3.63) is 66.5 Å². The Balaban J connectivity index is 2.20. The highest BCUT2D eigenvalue weighted by Crippen LogP contribution is 2.29. The van der Waals surface area contributed by atoms with Gasteiger partial charge in [0.15, 0.2) is 5.17 Å². The standard InChI is InChI=1S/C17H17F2N3S/c1-12(13-7-9-20-10-8-13)21-16(23-3)22-15-6-4-5-14(11-15)17(2,18)19/h4-11H,1H2,2-3H3,(H,21,22). The number of aliphatic imine (C=N–C) groups is 1. The molecule has 120 valence electrons. The number of benzene rings is 1. The Bertz CT molecular complexity index is 709. The molecule has 23 heavy (non-hydrogen) atoms. The lowest BCUT2D eigenvalue weighted by Crippen LogP contribution is -2.10. The van der Waals surface area contributed by atoms with Crippen molar-refractivity contribution in [1.29, 1.82) is 0 Å². The second-order valence-corrected chi connectivity index (χ2v) is 5.69. The number of amidine groups is 1. The van der Waals surface area contributed by atoms with Crippen molar-refractivity contribution in [3.8, 4) is 0 Å². The van der Waals surface area contributed by atoms with E-state index in [-0.39, 0.29) is 5.56 Å². The maximum absolute atomic E-state index is 13.4. The van der Waals surface area contributed by atoms with Crippen LogP contribution in [0.5, 0.6) is 0 Å². The number of nitrogens with one attached hydrogen (secondary N) is 1. The lowest BCUT2D eigenvalue weighted by Gasteiger charge is -2.13. The molecule has 0 atom stereocenters. The Kier molecular flexibility index (Phi) is 5.50. The van der Waals surface area contributed by atoms with Gasteiger partial charge in [-0.25, -0.2) is 13.8 Å². The Hall–Kier alpha value is -2.21. The van der Waals surface area contributed by atoms with E-state index in [1.165, 1.54) is 23.9 Å². The summed E-state index contributed by atoms with van der Waals surface area (Å²) in [4.78, 5) is 8.36. The molecule has 0 aliphatic heterocycles. The summed E-state index contributed by atoms with van der Waals surface area (Å²) in [6.45, 7) is 4.80. The highest BCUT2D eigenvalue weighted by molar-refractivity contribution is 8.13. The number of anilines is 1. The SMILES string of the molecule is C=C(N=C(Nc1cccc(C(C)(F)F)c1)SC)c1ccncc1. The maximum atomic E-state index is 13.4. The second-order valence-electron chi connectivity index (χ2n) is 4.90. The number of halogens is 2. The van der Waals surface area contributed by atoms with Gasteiger partial charge in [0, 0.05) is 36.1 Å². The summed E-state index contributed by atoms with van der Waals surface area (Å²) in [5.74, 6) is -2.88. The Morgan fingerprint density at radius 2 is 1.96 bits per heavy atom. The first-order valence-corrected chi connectivity index (χ1v) is 8.10. The molecule has 3 nitrogen and oxygen atoms in total. The average molecular weight is 333 g/mol. The molecular formula is C17H17F2N3S. The predicted molar refractivity (Wildman–Crippen MR) is 93.9 cm³/mol. The van der Waals surface area contributed by atoms with Crippen LogP contribution in [0.4, 0.5) is 14.5 Å². The summed E-state index contributed by atoms with van der Waals surface area (Å²) < 4.78 is 26.8. The number of aromatic nitrogens is 1. The third kappa shape index (κ3) is 4.89. The van der Waals surface area contributed by atoms with Gasteiger partial charge in [0.2, 0.25) is 0 Å². The van der Waals surface area contributed by atoms with Gasteiger partial charge in [0.1, 0.15) is 0 Å². The molecule has 0 aliphatic carbocycles. The molecule has 6 heteroatoms. The molecule has 0 saturated carbocycles. The van der Waals surface area contributed by atoms with Crippen LogP contribution in [0.15, 0.2) is 60.4 Å². The molecule has 1 aromatic heterocycles. The van der Waals surface area contributed by atoms with Crippen LogP contribution in [-0.4, -0.2) is 16.4 Å². The van der Waals surface area contributed by atoms with Crippen LogP contribution in [0.3, 0.4) is 0 Å². The van der Waals surface area contributed by atoms with Crippen molar-refractivity contribution in [1.82, 2.24) is 4.98 Å². The van der Waals surface area contributed by atoms with Gasteiger partial charge in [0.05, 0.1) is 5.70 Å². The zero-order valence-electron chi connectivity index (χ0n) is 12.9. The first-order valence-electron chi connectivity index (χ1n) is 6.87. The van der Waals surface area contributed by atoms with Crippen molar-refractivity contribution >= 4 is 28.3 Å². The number of hydrogen-bond donors (Lipinski definition) is 1. The Labute approximate surface area is 138 Å². The quantitative estimate of drug-likeness (QED) is 0.632. The lowest BCUT2D eigenvalue weighted by atomic mass is 10.1. The van der Waals surface area contributed by atoms with Crippen LogP contribution >= 0.6 is 11.8 Å². The Morgan fingerprint density at radius 3 is 2.57 bits per heavy atom. The molecule has 0 bridgehead atoms. The van der Waals surface area contributed by atoms with Crippen molar-refractivity contribution in [2.24, 2.45) is 4.99 Å². The summed E-state index contributed by atoms with van der Waals surface area (Å²) >= 11 is 1.38. The molecule has 0 fully saturated rings. The third-order valence-corrected chi connectivity index (χ3v) is 3.64. The normalized spacial score (nSPS) is 12.1. The van der Waals surface area contributed by atoms with Gasteiger partial charge >= 0.3 is 0 Å². The van der Waals surface area contributed by atoms with Crippen LogP contribution in [0.25, 0.3) is 5.70 Å². The number of rotatable bonds is 4.